The topological polar surface area (TPSA) is 84.1 Å². The normalized spacial score (nSPS) is 10.4. The van der Waals surface area contributed by atoms with Crippen molar-refractivity contribution >= 4 is 27.6 Å². The number of aliphatic hydroxyl groups is 1. The van der Waals surface area contributed by atoms with E-state index >= 15 is 0 Å². The average Bonchev–Trinajstić information content (AvgIpc) is 2.29. The summed E-state index contributed by atoms with van der Waals surface area (Å²) in [5, 5.41) is 11.8. The number of nitrogen functional groups attached to an aromatic ring is 1. The second kappa shape index (κ2) is 7.40. The van der Waals surface area contributed by atoms with Crippen molar-refractivity contribution in [1.82, 2.24) is 9.97 Å². The lowest BCUT2D eigenvalue weighted by Gasteiger charge is -2.07. The molecule has 0 aliphatic carbocycles. The first-order valence-electron chi connectivity index (χ1n) is 5.36. The van der Waals surface area contributed by atoms with E-state index in [4.69, 9.17) is 10.8 Å². The predicted molar refractivity (Wildman–Crippen MR) is 68.2 cm³/mol. The Hall–Kier alpha value is -0.880. The van der Waals surface area contributed by atoms with Crippen molar-refractivity contribution in [3.05, 3.63) is 10.8 Å². The van der Waals surface area contributed by atoms with Crippen LogP contribution in [0, 0.1) is 0 Å². The van der Waals surface area contributed by atoms with Gasteiger partial charge < -0.3 is 16.2 Å². The van der Waals surface area contributed by atoms with E-state index in [-0.39, 0.29) is 6.61 Å². The molecule has 1 aromatic rings. The molecule has 1 rings (SSSR count). The van der Waals surface area contributed by atoms with E-state index in [9.17, 15) is 0 Å². The van der Waals surface area contributed by atoms with Crippen LogP contribution in [0.2, 0.25) is 0 Å². The van der Waals surface area contributed by atoms with Gasteiger partial charge in [0.1, 0.15) is 22.4 Å². The molecule has 0 amide bonds. The zero-order valence-corrected chi connectivity index (χ0v) is 10.7. The third kappa shape index (κ3) is 4.32. The van der Waals surface area contributed by atoms with Gasteiger partial charge >= 0.3 is 0 Å². The first-order chi connectivity index (χ1) is 7.75. The van der Waals surface area contributed by atoms with Gasteiger partial charge in [0.25, 0.3) is 0 Å². The molecule has 0 saturated carbocycles. The zero-order valence-electron chi connectivity index (χ0n) is 9.12. The third-order valence-electron chi connectivity index (χ3n) is 2.19. The Morgan fingerprint density at radius 3 is 2.75 bits per heavy atom. The van der Waals surface area contributed by atoms with Crippen molar-refractivity contribution in [3.8, 4) is 0 Å². The maximum Gasteiger partial charge on any atom is 0.145 e. The van der Waals surface area contributed by atoms with E-state index in [2.05, 4.69) is 31.2 Å². The summed E-state index contributed by atoms with van der Waals surface area (Å²) in [5.41, 5.74) is 5.62. The van der Waals surface area contributed by atoms with Crippen molar-refractivity contribution in [2.45, 2.75) is 25.7 Å². The summed E-state index contributed by atoms with van der Waals surface area (Å²) in [6.07, 6.45) is 5.53. The van der Waals surface area contributed by atoms with Crippen molar-refractivity contribution < 1.29 is 5.11 Å². The lowest BCUT2D eigenvalue weighted by Crippen LogP contribution is -2.06. The Balaban J connectivity index is 2.24. The number of unbranched alkanes of at least 4 members (excludes halogenated alkanes) is 3. The van der Waals surface area contributed by atoms with Gasteiger partial charge in [-0.25, -0.2) is 9.97 Å². The van der Waals surface area contributed by atoms with Crippen LogP contribution >= 0.6 is 15.9 Å². The van der Waals surface area contributed by atoms with Gasteiger partial charge in [-0.05, 0) is 28.8 Å². The van der Waals surface area contributed by atoms with E-state index in [1.165, 1.54) is 6.33 Å². The molecule has 16 heavy (non-hydrogen) atoms. The van der Waals surface area contributed by atoms with E-state index in [0.717, 1.165) is 38.0 Å². The SMILES string of the molecule is Nc1ncnc(NCCCCCCO)c1Br. The molecular weight excluding hydrogens is 272 g/mol. The summed E-state index contributed by atoms with van der Waals surface area (Å²) in [6.45, 7) is 1.13. The molecule has 0 radical (unpaired) electrons. The van der Waals surface area contributed by atoms with E-state index in [1.54, 1.807) is 0 Å². The summed E-state index contributed by atoms with van der Waals surface area (Å²) in [7, 11) is 0. The fraction of sp³-hybridized carbons (Fsp3) is 0.600. The highest BCUT2D eigenvalue weighted by molar-refractivity contribution is 9.10. The molecule has 6 heteroatoms. The minimum absolute atomic E-state index is 0.279. The van der Waals surface area contributed by atoms with Gasteiger partial charge in [0.15, 0.2) is 0 Å². The summed E-state index contributed by atoms with van der Waals surface area (Å²) in [4.78, 5) is 7.94. The summed E-state index contributed by atoms with van der Waals surface area (Å²) < 4.78 is 0.713. The van der Waals surface area contributed by atoms with E-state index in [0.29, 0.717) is 10.3 Å². The van der Waals surface area contributed by atoms with Crippen LogP contribution < -0.4 is 11.1 Å². The lowest BCUT2D eigenvalue weighted by molar-refractivity contribution is 0.283. The highest BCUT2D eigenvalue weighted by Gasteiger charge is 2.04. The highest BCUT2D eigenvalue weighted by Crippen LogP contribution is 2.23. The van der Waals surface area contributed by atoms with Crippen molar-refractivity contribution in [2.24, 2.45) is 0 Å². The van der Waals surface area contributed by atoms with Gasteiger partial charge in [0, 0.05) is 13.2 Å². The first kappa shape index (κ1) is 13.2. The van der Waals surface area contributed by atoms with E-state index < -0.39 is 0 Å². The molecule has 0 atom stereocenters. The molecule has 0 aliphatic heterocycles. The van der Waals surface area contributed by atoms with Gasteiger partial charge in [-0.3, -0.25) is 0 Å². The molecule has 4 N–H and O–H groups in total. The van der Waals surface area contributed by atoms with Crippen LogP contribution in [0.3, 0.4) is 0 Å². The van der Waals surface area contributed by atoms with Crippen LogP contribution in [0.1, 0.15) is 25.7 Å². The van der Waals surface area contributed by atoms with Crippen LogP contribution in [-0.4, -0.2) is 28.2 Å². The minimum atomic E-state index is 0.279. The number of rotatable bonds is 7. The van der Waals surface area contributed by atoms with E-state index in [1.807, 2.05) is 0 Å². The van der Waals surface area contributed by atoms with Crippen LogP contribution in [0.25, 0.3) is 0 Å². The maximum absolute atomic E-state index is 8.62. The smallest absolute Gasteiger partial charge is 0.145 e. The Bertz CT molecular complexity index is 322. The van der Waals surface area contributed by atoms with Crippen molar-refractivity contribution in [1.29, 1.82) is 0 Å². The number of halogens is 1. The molecule has 90 valence electrons. The second-order valence-electron chi connectivity index (χ2n) is 3.49. The Kier molecular flexibility index (Phi) is 6.10. The number of hydrogen-bond acceptors (Lipinski definition) is 5. The number of aliphatic hydroxyl groups excluding tert-OH is 1. The number of anilines is 2. The van der Waals surface area contributed by atoms with Crippen LogP contribution in [0.15, 0.2) is 10.8 Å². The molecule has 0 fully saturated rings. The molecule has 5 nitrogen and oxygen atoms in total. The summed E-state index contributed by atoms with van der Waals surface area (Å²) in [6, 6.07) is 0. The number of aromatic nitrogens is 2. The second-order valence-corrected chi connectivity index (χ2v) is 4.28. The minimum Gasteiger partial charge on any atom is -0.396 e. The van der Waals surface area contributed by atoms with Crippen LogP contribution in [-0.2, 0) is 0 Å². The maximum atomic E-state index is 8.62. The van der Waals surface area contributed by atoms with Crippen molar-refractivity contribution in [3.63, 3.8) is 0 Å². The molecule has 0 aliphatic rings. The molecular formula is C10H17BrN4O. The third-order valence-corrected chi connectivity index (χ3v) is 2.98. The average molecular weight is 289 g/mol. The highest BCUT2D eigenvalue weighted by atomic mass is 79.9. The van der Waals surface area contributed by atoms with Crippen molar-refractivity contribution in [2.75, 3.05) is 24.2 Å². The molecule has 1 aromatic heterocycles. The Labute approximate surface area is 104 Å². The molecule has 0 aromatic carbocycles. The summed E-state index contributed by atoms with van der Waals surface area (Å²) in [5.74, 6) is 1.17. The quantitative estimate of drug-likeness (QED) is 0.666. The largest absolute Gasteiger partial charge is 0.396 e. The van der Waals surface area contributed by atoms with Crippen LogP contribution in [0.4, 0.5) is 11.6 Å². The standard InChI is InChI=1S/C10H17BrN4O/c11-8-9(12)14-7-15-10(8)13-5-3-1-2-4-6-16/h7,16H,1-6H2,(H3,12,13,14,15). The van der Waals surface area contributed by atoms with Gasteiger partial charge in [-0.2, -0.15) is 0 Å². The fourth-order valence-electron chi connectivity index (χ4n) is 1.30. The summed E-state index contributed by atoms with van der Waals surface area (Å²) >= 11 is 3.33. The van der Waals surface area contributed by atoms with Crippen LogP contribution in [0.5, 0.6) is 0 Å². The number of nitrogens with zero attached hydrogens (tertiary/aromatic N) is 2. The number of hydrogen-bond donors (Lipinski definition) is 3. The lowest BCUT2D eigenvalue weighted by atomic mass is 10.2. The first-order valence-corrected chi connectivity index (χ1v) is 6.15. The molecule has 0 spiro atoms. The zero-order chi connectivity index (χ0) is 11.8. The molecule has 0 bridgehead atoms. The number of nitrogens with one attached hydrogen (secondary N) is 1. The van der Waals surface area contributed by atoms with Gasteiger partial charge in [-0.15, -0.1) is 0 Å². The number of nitrogens with two attached hydrogens (primary N) is 1. The van der Waals surface area contributed by atoms with Gasteiger partial charge in [0.05, 0.1) is 0 Å². The van der Waals surface area contributed by atoms with Gasteiger partial charge in [0.2, 0.25) is 0 Å². The predicted octanol–water partition coefficient (Wildman–Crippen LogP) is 1.79. The fourth-order valence-corrected chi connectivity index (χ4v) is 1.65. The van der Waals surface area contributed by atoms with Gasteiger partial charge in [-0.1, -0.05) is 12.8 Å². The molecule has 0 saturated heterocycles. The molecule has 1 heterocycles. The Morgan fingerprint density at radius 2 is 2.00 bits per heavy atom. The Morgan fingerprint density at radius 1 is 1.25 bits per heavy atom. The molecule has 0 unspecified atom stereocenters. The monoisotopic (exact) mass is 288 g/mol.